The van der Waals surface area contributed by atoms with Gasteiger partial charge in [0.2, 0.25) is 5.95 Å². The number of benzene rings is 1. The van der Waals surface area contributed by atoms with Gasteiger partial charge in [0.05, 0.1) is 19.3 Å². The highest BCUT2D eigenvalue weighted by atomic mass is 16.5. The lowest BCUT2D eigenvalue weighted by molar-refractivity contribution is 0.210. The Balaban J connectivity index is 1.85. The van der Waals surface area contributed by atoms with E-state index in [-0.39, 0.29) is 6.04 Å². The van der Waals surface area contributed by atoms with E-state index < -0.39 is 0 Å². The van der Waals surface area contributed by atoms with Gasteiger partial charge in [-0.3, -0.25) is 0 Å². The van der Waals surface area contributed by atoms with Crippen molar-refractivity contribution < 1.29 is 9.47 Å². The van der Waals surface area contributed by atoms with Gasteiger partial charge in [-0.1, -0.05) is 18.2 Å². The van der Waals surface area contributed by atoms with Crippen molar-refractivity contribution in [3.8, 4) is 5.75 Å². The van der Waals surface area contributed by atoms with Crippen LogP contribution < -0.4 is 10.1 Å². The molecule has 1 aliphatic heterocycles. The minimum Gasteiger partial charge on any atom is -0.493 e. The number of imidazole rings is 1. The number of anilines is 1. The molecular formula is C15H19N3O2. The number of aromatic nitrogens is 2. The first kappa shape index (κ1) is 13.0. The molecule has 1 atom stereocenters. The Kier molecular flexibility index (Phi) is 3.87. The maximum Gasteiger partial charge on any atom is 0.203 e. The average Bonchev–Trinajstić information content (AvgIpc) is 2.95. The third-order valence-corrected chi connectivity index (χ3v) is 3.52. The van der Waals surface area contributed by atoms with E-state index in [0.29, 0.717) is 6.61 Å². The zero-order chi connectivity index (χ0) is 13.8. The van der Waals surface area contributed by atoms with Crippen molar-refractivity contribution in [2.45, 2.75) is 12.5 Å². The maximum absolute atomic E-state index is 5.72. The van der Waals surface area contributed by atoms with Crippen molar-refractivity contribution in [3.63, 3.8) is 0 Å². The average molecular weight is 273 g/mol. The van der Waals surface area contributed by atoms with E-state index in [1.807, 2.05) is 24.5 Å². The van der Waals surface area contributed by atoms with E-state index in [2.05, 4.69) is 27.0 Å². The van der Waals surface area contributed by atoms with Gasteiger partial charge < -0.3 is 19.4 Å². The zero-order valence-electron chi connectivity index (χ0n) is 11.6. The number of hydrogen-bond acceptors (Lipinski definition) is 4. The van der Waals surface area contributed by atoms with Gasteiger partial charge in [-0.05, 0) is 6.07 Å². The van der Waals surface area contributed by atoms with Gasteiger partial charge in [-0.15, -0.1) is 0 Å². The fraction of sp³-hybridized carbons (Fsp3) is 0.400. The van der Waals surface area contributed by atoms with Crippen molar-refractivity contribution in [3.05, 3.63) is 42.2 Å². The molecule has 1 aromatic carbocycles. The second-order valence-electron chi connectivity index (χ2n) is 4.77. The Morgan fingerprint density at radius 3 is 3.25 bits per heavy atom. The molecule has 1 aromatic heterocycles. The van der Waals surface area contributed by atoms with Crippen molar-refractivity contribution in [2.75, 3.05) is 32.2 Å². The second kappa shape index (κ2) is 5.96. The van der Waals surface area contributed by atoms with Crippen molar-refractivity contribution in [1.82, 2.24) is 9.55 Å². The molecule has 0 aliphatic carbocycles. The molecule has 0 spiro atoms. The lowest BCUT2D eigenvalue weighted by Gasteiger charge is -2.28. The first-order valence-electron chi connectivity index (χ1n) is 6.87. The Labute approximate surface area is 118 Å². The molecule has 3 rings (SSSR count). The van der Waals surface area contributed by atoms with E-state index in [4.69, 9.17) is 9.47 Å². The highest BCUT2D eigenvalue weighted by Gasteiger charge is 2.24. The summed E-state index contributed by atoms with van der Waals surface area (Å²) in [4.78, 5) is 4.39. The van der Waals surface area contributed by atoms with Gasteiger partial charge >= 0.3 is 0 Å². The lowest BCUT2D eigenvalue weighted by Crippen LogP contribution is -2.22. The number of para-hydroxylation sites is 1. The highest BCUT2D eigenvalue weighted by molar-refractivity contribution is 5.40. The Hall–Kier alpha value is -2.01. The normalized spacial score (nSPS) is 17.4. The molecule has 0 saturated carbocycles. The largest absolute Gasteiger partial charge is 0.493 e. The zero-order valence-corrected chi connectivity index (χ0v) is 11.6. The third-order valence-electron chi connectivity index (χ3n) is 3.52. The number of nitrogens with one attached hydrogen (secondary N) is 1. The van der Waals surface area contributed by atoms with Crippen LogP contribution in [0.25, 0.3) is 0 Å². The van der Waals surface area contributed by atoms with Crippen LogP contribution in [0.2, 0.25) is 0 Å². The summed E-state index contributed by atoms with van der Waals surface area (Å²) in [6.45, 7) is 2.15. The molecule has 106 valence electrons. The second-order valence-corrected chi connectivity index (χ2v) is 4.77. The monoisotopic (exact) mass is 273 g/mol. The van der Waals surface area contributed by atoms with Crippen LogP contribution in [0.4, 0.5) is 5.95 Å². The number of methoxy groups -OCH3 is 1. The van der Waals surface area contributed by atoms with Crippen LogP contribution in [0, 0.1) is 0 Å². The Bertz CT molecular complexity index is 568. The van der Waals surface area contributed by atoms with E-state index in [1.165, 1.54) is 5.56 Å². The Morgan fingerprint density at radius 2 is 2.35 bits per heavy atom. The van der Waals surface area contributed by atoms with Crippen molar-refractivity contribution in [1.29, 1.82) is 0 Å². The van der Waals surface area contributed by atoms with Crippen LogP contribution in [0.5, 0.6) is 5.75 Å². The fourth-order valence-corrected chi connectivity index (χ4v) is 2.58. The number of nitrogens with zero attached hydrogens (tertiary/aromatic N) is 2. The number of fused-ring (bicyclic) bond motifs is 1. The van der Waals surface area contributed by atoms with Crippen molar-refractivity contribution >= 4 is 5.95 Å². The smallest absolute Gasteiger partial charge is 0.203 e. The third kappa shape index (κ3) is 2.49. The minimum absolute atomic E-state index is 0.271. The van der Waals surface area contributed by atoms with E-state index in [9.17, 15) is 0 Å². The molecule has 5 nitrogen and oxygen atoms in total. The molecule has 5 heteroatoms. The molecule has 1 aliphatic rings. The predicted molar refractivity (Wildman–Crippen MR) is 77.3 cm³/mol. The number of ether oxygens (including phenoxy) is 2. The van der Waals surface area contributed by atoms with Crippen molar-refractivity contribution in [2.24, 2.45) is 0 Å². The van der Waals surface area contributed by atoms with Crippen LogP contribution in [0.3, 0.4) is 0 Å². The molecule has 20 heavy (non-hydrogen) atoms. The summed E-state index contributed by atoms with van der Waals surface area (Å²) in [5, 5.41) is 3.31. The quantitative estimate of drug-likeness (QED) is 0.849. The van der Waals surface area contributed by atoms with Crippen LogP contribution in [0.1, 0.15) is 18.0 Å². The summed E-state index contributed by atoms with van der Waals surface area (Å²) in [6, 6.07) is 8.48. The van der Waals surface area contributed by atoms with Gasteiger partial charge in [0, 0.05) is 38.0 Å². The van der Waals surface area contributed by atoms with E-state index in [0.717, 1.165) is 31.3 Å². The molecular weight excluding hydrogens is 254 g/mol. The summed E-state index contributed by atoms with van der Waals surface area (Å²) in [5.74, 6) is 1.85. The van der Waals surface area contributed by atoms with Crippen LogP contribution in [0.15, 0.2) is 36.7 Å². The topological polar surface area (TPSA) is 48.3 Å². The standard InChI is InChI=1S/C15H19N3O2/c1-19-11-8-17-15-16-7-9-18(15)13-6-10-20-14-5-3-2-4-12(13)14/h2-5,7,9,13H,6,8,10-11H2,1H3,(H,16,17). The first-order valence-corrected chi connectivity index (χ1v) is 6.87. The Morgan fingerprint density at radius 1 is 1.45 bits per heavy atom. The number of rotatable bonds is 5. The van der Waals surface area contributed by atoms with Gasteiger partial charge in [-0.2, -0.15) is 0 Å². The predicted octanol–water partition coefficient (Wildman–Crippen LogP) is 2.31. The van der Waals surface area contributed by atoms with E-state index in [1.54, 1.807) is 7.11 Å². The number of hydrogen-bond donors (Lipinski definition) is 1. The summed E-state index contributed by atoms with van der Waals surface area (Å²) in [7, 11) is 1.70. The molecule has 2 aromatic rings. The summed E-state index contributed by atoms with van der Waals surface area (Å²) < 4.78 is 13.0. The van der Waals surface area contributed by atoms with Crippen LogP contribution in [-0.2, 0) is 4.74 Å². The maximum atomic E-state index is 5.72. The summed E-state index contributed by atoms with van der Waals surface area (Å²) in [6.07, 6.45) is 4.79. The molecule has 0 amide bonds. The van der Waals surface area contributed by atoms with E-state index >= 15 is 0 Å². The van der Waals surface area contributed by atoms with Gasteiger partial charge in [0.15, 0.2) is 0 Å². The SMILES string of the molecule is COCCNc1nccn1C1CCOc2ccccc21. The van der Waals surface area contributed by atoms with Gasteiger partial charge in [-0.25, -0.2) is 4.98 Å². The minimum atomic E-state index is 0.271. The van der Waals surface area contributed by atoms with Gasteiger partial charge in [0.25, 0.3) is 0 Å². The van der Waals surface area contributed by atoms with Crippen LogP contribution >= 0.6 is 0 Å². The molecule has 2 heterocycles. The molecule has 1 unspecified atom stereocenters. The molecule has 1 N–H and O–H groups in total. The van der Waals surface area contributed by atoms with Gasteiger partial charge in [0.1, 0.15) is 5.75 Å². The molecule has 0 radical (unpaired) electrons. The molecule has 0 bridgehead atoms. The fourth-order valence-electron chi connectivity index (χ4n) is 2.58. The first-order chi connectivity index (χ1) is 9.90. The lowest BCUT2D eigenvalue weighted by atomic mass is 10.0. The highest BCUT2D eigenvalue weighted by Crippen LogP contribution is 2.35. The molecule has 0 fully saturated rings. The summed E-state index contributed by atoms with van der Waals surface area (Å²) in [5.41, 5.74) is 1.21. The molecule has 0 saturated heterocycles. The summed E-state index contributed by atoms with van der Waals surface area (Å²) >= 11 is 0. The van der Waals surface area contributed by atoms with Crippen LogP contribution in [-0.4, -0.2) is 36.4 Å².